The van der Waals surface area contributed by atoms with Gasteiger partial charge in [-0.2, -0.15) is 0 Å². The quantitative estimate of drug-likeness (QED) is 0.649. The van der Waals surface area contributed by atoms with Crippen molar-refractivity contribution in [1.82, 2.24) is 5.43 Å². The van der Waals surface area contributed by atoms with Gasteiger partial charge in [-0.05, 0) is 47.5 Å². The summed E-state index contributed by atoms with van der Waals surface area (Å²) in [5, 5.41) is 0.685. The van der Waals surface area contributed by atoms with Gasteiger partial charge in [0.05, 0.1) is 23.8 Å². The van der Waals surface area contributed by atoms with Crippen LogP contribution in [0, 0.1) is 0 Å². The van der Waals surface area contributed by atoms with Crippen LogP contribution < -0.4 is 11.3 Å². The minimum absolute atomic E-state index is 0.0315. The number of hydrazine groups is 1. The van der Waals surface area contributed by atoms with E-state index in [1.54, 1.807) is 0 Å². The number of ether oxygens (including phenoxy) is 1. The molecule has 3 nitrogen and oxygen atoms in total. The number of rotatable bonds is 5. The van der Waals surface area contributed by atoms with E-state index in [4.69, 9.17) is 22.2 Å². The zero-order valence-electron chi connectivity index (χ0n) is 9.34. The molecule has 0 aliphatic carbocycles. The number of benzene rings is 1. The summed E-state index contributed by atoms with van der Waals surface area (Å²) < 4.78 is 6.39. The van der Waals surface area contributed by atoms with Crippen LogP contribution >= 0.6 is 27.5 Å². The van der Waals surface area contributed by atoms with Crippen LogP contribution in [-0.2, 0) is 4.74 Å². The molecule has 0 aliphatic rings. The Morgan fingerprint density at radius 1 is 1.50 bits per heavy atom. The molecule has 0 aromatic heterocycles. The van der Waals surface area contributed by atoms with E-state index in [1.807, 2.05) is 32.0 Å². The summed E-state index contributed by atoms with van der Waals surface area (Å²) in [6.07, 6.45) is 0.187. The Kier molecular flexibility index (Phi) is 5.72. The maximum absolute atomic E-state index is 5.93. The Morgan fingerprint density at radius 2 is 2.19 bits per heavy atom. The highest BCUT2D eigenvalue weighted by molar-refractivity contribution is 9.10. The van der Waals surface area contributed by atoms with Crippen LogP contribution in [0.15, 0.2) is 22.7 Å². The largest absolute Gasteiger partial charge is 0.377 e. The molecule has 1 unspecified atom stereocenters. The normalized spacial score (nSPS) is 13.1. The zero-order chi connectivity index (χ0) is 12.1. The fourth-order valence-corrected chi connectivity index (χ4v) is 1.77. The molecule has 0 aliphatic heterocycles. The first kappa shape index (κ1) is 13.9. The van der Waals surface area contributed by atoms with Gasteiger partial charge in [-0.1, -0.05) is 17.7 Å². The molecule has 0 spiro atoms. The summed E-state index contributed by atoms with van der Waals surface area (Å²) in [5.74, 6) is 5.50. The average molecular weight is 308 g/mol. The molecule has 90 valence electrons. The summed E-state index contributed by atoms with van der Waals surface area (Å²) in [6.45, 7) is 4.51. The first-order valence-electron chi connectivity index (χ1n) is 5.07. The van der Waals surface area contributed by atoms with Gasteiger partial charge in [-0.3, -0.25) is 11.3 Å². The number of nitrogens with two attached hydrogens (primary N) is 1. The molecule has 1 aromatic carbocycles. The number of nitrogens with one attached hydrogen (secondary N) is 1. The number of hydrogen-bond donors (Lipinski definition) is 2. The summed E-state index contributed by atoms with van der Waals surface area (Å²) in [5.41, 5.74) is 3.77. The van der Waals surface area contributed by atoms with Gasteiger partial charge < -0.3 is 4.74 Å². The van der Waals surface area contributed by atoms with Crippen LogP contribution in [0.25, 0.3) is 0 Å². The summed E-state index contributed by atoms with van der Waals surface area (Å²) >= 11 is 9.31. The lowest BCUT2D eigenvalue weighted by atomic mass is 10.1. The van der Waals surface area contributed by atoms with Gasteiger partial charge in [0.1, 0.15) is 0 Å². The van der Waals surface area contributed by atoms with E-state index in [-0.39, 0.29) is 12.1 Å². The smallest absolute Gasteiger partial charge is 0.0694 e. The fraction of sp³-hybridized carbons (Fsp3) is 0.455. The first-order chi connectivity index (χ1) is 7.54. The zero-order valence-corrected chi connectivity index (χ0v) is 11.7. The van der Waals surface area contributed by atoms with Crippen LogP contribution in [0.5, 0.6) is 0 Å². The number of hydrogen-bond acceptors (Lipinski definition) is 3. The Balaban J connectivity index is 2.74. The third-order valence-electron chi connectivity index (χ3n) is 2.14. The summed E-state index contributed by atoms with van der Waals surface area (Å²) in [4.78, 5) is 0. The fourth-order valence-electron chi connectivity index (χ4n) is 1.26. The van der Waals surface area contributed by atoms with E-state index < -0.39 is 0 Å². The van der Waals surface area contributed by atoms with E-state index in [0.717, 1.165) is 10.0 Å². The number of halogens is 2. The van der Waals surface area contributed by atoms with E-state index in [0.29, 0.717) is 11.6 Å². The Bertz CT molecular complexity index is 347. The van der Waals surface area contributed by atoms with Crippen molar-refractivity contribution in [2.24, 2.45) is 5.84 Å². The van der Waals surface area contributed by atoms with E-state index in [9.17, 15) is 0 Å². The molecular formula is C11H16BrClN2O. The van der Waals surface area contributed by atoms with Gasteiger partial charge in [-0.15, -0.1) is 0 Å². The SMILES string of the molecule is CC(C)OCC(NN)c1ccc(Cl)c(Br)c1. The molecule has 1 rings (SSSR count). The van der Waals surface area contributed by atoms with Gasteiger partial charge in [0.15, 0.2) is 0 Å². The third-order valence-corrected chi connectivity index (χ3v) is 3.36. The lowest BCUT2D eigenvalue weighted by molar-refractivity contribution is 0.0611. The highest BCUT2D eigenvalue weighted by atomic mass is 79.9. The molecule has 0 amide bonds. The second-order valence-corrected chi connectivity index (χ2v) is 5.04. The van der Waals surface area contributed by atoms with Crippen LogP contribution in [0.4, 0.5) is 0 Å². The molecular weight excluding hydrogens is 291 g/mol. The Hall–Kier alpha value is -0.130. The molecule has 0 heterocycles. The van der Waals surface area contributed by atoms with Crippen LogP contribution in [0.2, 0.25) is 5.02 Å². The monoisotopic (exact) mass is 306 g/mol. The lowest BCUT2D eigenvalue weighted by Gasteiger charge is -2.18. The molecule has 0 radical (unpaired) electrons. The van der Waals surface area contributed by atoms with E-state index in [1.165, 1.54) is 0 Å². The van der Waals surface area contributed by atoms with Crippen molar-refractivity contribution in [2.75, 3.05) is 6.61 Å². The Labute approximate surface area is 109 Å². The van der Waals surface area contributed by atoms with Crippen molar-refractivity contribution in [1.29, 1.82) is 0 Å². The van der Waals surface area contributed by atoms with Gasteiger partial charge in [0.25, 0.3) is 0 Å². The van der Waals surface area contributed by atoms with Gasteiger partial charge >= 0.3 is 0 Å². The maximum Gasteiger partial charge on any atom is 0.0694 e. The molecule has 3 N–H and O–H groups in total. The maximum atomic E-state index is 5.93. The van der Waals surface area contributed by atoms with Crippen molar-refractivity contribution in [2.45, 2.75) is 26.0 Å². The highest BCUT2D eigenvalue weighted by Gasteiger charge is 2.12. The molecule has 1 aromatic rings. The van der Waals surface area contributed by atoms with Gasteiger partial charge in [0.2, 0.25) is 0 Å². The van der Waals surface area contributed by atoms with Crippen LogP contribution in [-0.4, -0.2) is 12.7 Å². The van der Waals surface area contributed by atoms with E-state index >= 15 is 0 Å². The van der Waals surface area contributed by atoms with Crippen molar-refractivity contribution >= 4 is 27.5 Å². The van der Waals surface area contributed by atoms with Crippen molar-refractivity contribution in [3.63, 3.8) is 0 Å². The standard InChI is InChI=1S/C11H16BrClN2O/c1-7(2)16-6-11(15-14)8-3-4-10(13)9(12)5-8/h3-5,7,11,15H,6,14H2,1-2H3. The Morgan fingerprint density at radius 3 is 2.69 bits per heavy atom. The summed E-state index contributed by atoms with van der Waals surface area (Å²) in [6, 6.07) is 5.68. The van der Waals surface area contributed by atoms with Crippen LogP contribution in [0.3, 0.4) is 0 Å². The lowest BCUT2D eigenvalue weighted by Crippen LogP contribution is -2.32. The van der Waals surface area contributed by atoms with Crippen LogP contribution in [0.1, 0.15) is 25.5 Å². The second kappa shape index (κ2) is 6.57. The third kappa shape index (κ3) is 4.03. The van der Waals surface area contributed by atoms with Gasteiger partial charge in [0, 0.05) is 4.47 Å². The van der Waals surface area contributed by atoms with E-state index in [2.05, 4.69) is 21.4 Å². The molecule has 1 atom stereocenters. The van der Waals surface area contributed by atoms with Gasteiger partial charge in [-0.25, -0.2) is 0 Å². The molecule has 0 bridgehead atoms. The van der Waals surface area contributed by atoms with Crippen molar-refractivity contribution < 1.29 is 4.74 Å². The first-order valence-corrected chi connectivity index (χ1v) is 6.24. The molecule has 0 saturated carbocycles. The van der Waals surface area contributed by atoms with Crippen molar-refractivity contribution in [3.05, 3.63) is 33.3 Å². The minimum Gasteiger partial charge on any atom is -0.377 e. The molecule has 16 heavy (non-hydrogen) atoms. The average Bonchev–Trinajstić information content (AvgIpc) is 2.23. The predicted octanol–water partition coefficient (Wildman–Crippen LogP) is 3.03. The minimum atomic E-state index is -0.0315. The second-order valence-electron chi connectivity index (χ2n) is 3.77. The highest BCUT2D eigenvalue weighted by Crippen LogP contribution is 2.26. The molecule has 0 saturated heterocycles. The molecule has 5 heteroatoms. The topological polar surface area (TPSA) is 47.3 Å². The van der Waals surface area contributed by atoms with Crippen molar-refractivity contribution in [3.8, 4) is 0 Å². The molecule has 0 fully saturated rings. The predicted molar refractivity (Wildman–Crippen MR) is 70.3 cm³/mol. The summed E-state index contributed by atoms with van der Waals surface area (Å²) in [7, 11) is 0.